The Morgan fingerprint density at radius 1 is 1.02 bits per heavy atom. The highest BCUT2D eigenvalue weighted by atomic mass is 32.2. The van der Waals surface area contributed by atoms with Gasteiger partial charge in [-0.1, -0.05) is 30.3 Å². The maximum Gasteiger partial charge on any atom is 0.321 e. The number of likely N-dealkylation sites (N-methyl/N-ethyl adjacent to an activating group) is 1. The van der Waals surface area contributed by atoms with Gasteiger partial charge in [0.05, 0.1) is 27.9 Å². The zero-order valence-corrected chi connectivity index (χ0v) is 25.7. The van der Waals surface area contributed by atoms with E-state index in [1.54, 1.807) is 17.0 Å². The molecule has 42 heavy (non-hydrogen) atoms. The van der Waals surface area contributed by atoms with Crippen LogP contribution in [0.1, 0.15) is 43.4 Å². The van der Waals surface area contributed by atoms with Gasteiger partial charge in [-0.2, -0.15) is 12.7 Å². The topological polar surface area (TPSA) is 144 Å². The molecule has 1 aromatic heterocycles. The zero-order chi connectivity index (χ0) is 30.9. The first-order valence-electron chi connectivity index (χ1n) is 12.8. The molecule has 0 aliphatic rings. The van der Waals surface area contributed by atoms with Gasteiger partial charge in [0.1, 0.15) is 28.7 Å². The summed E-state index contributed by atoms with van der Waals surface area (Å²) < 4.78 is 42.8. The van der Waals surface area contributed by atoms with Crippen molar-refractivity contribution < 1.29 is 37.0 Å². The van der Waals surface area contributed by atoms with Gasteiger partial charge in [0.25, 0.3) is 11.8 Å². The van der Waals surface area contributed by atoms with Crippen molar-refractivity contribution in [2.75, 3.05) is 41.5 Å². The largest absolute Gasteiger partial charge is 0.496 e. The lowest BCUT2D eigenvalue weighted by Gasteiger charge is -2.23. The number of carbonyl (C=O) groups excluding carboxylic acids is 3. The van der Waals surface area contributed by atoms with Crippen molar-refractivity contribution in [1.82, 2.24) is 18.9 Å². The predicted molar refractivity (Wildman–Crippen MR) is 157 cm³/mol. The summed E-state index contributed by atoms with van der Waals surface area (Å²) in [5.41, 5.74) is 2.12. The van der Waals surface area contributed by atoms with Gasteiger partial charge in [0.2, 0.25) is 0 Å². The highest BCUT2D eigenvalue weighted by Gasteiger charge is 2.26. The van der Waals surface area contributed by atoms with E-state index < -0.39 is 28.6 Å². The van der Waals surface area contributed by atoms with E-state index >= 15 is 0 Å². The molecule has 14 heteroatoms. The number of rotatable bonds is 14. The van der Waals surface area contributed by atoms with Gasteiger partial charge in [0.15, 0.2) is 0 Å². The van der Waals surface area contributed by atoms with Crippen LogP contribution in [-0.4, -0.2) is 81.9 Å². The molecule has 0 unspecified atom stereocenters. The Balaban J connectivity index is 1.80. The number of thiazole rings is 1. The molecule has 2 aromatic carbocycles. The van der Waals surface area contributed by atoms with Crippen LogP contribution in [0.5, 0.6) is 11.5 Å². The standard InChI is InChI=1S/C28H34N4O8S2/c1-19-23(38-3)14-21(15-24(19)39-4)28(35)32(13-9-12-20-10-7-6-8-11-20)16-25-29-22(18-41-25)27(34)30-42(36,37)31(2)17-26(33)40-5/h6-8,10-11,14-15,18H,9,12-13,16-17H2,1-5H3,(H,30,34). The van der Waals surface area contributed by atoms with Crippen LogP contribution in [-0.2, 0) is 32.7 Å². The maximum absolute atomic E-state index is 13.7. The molecule has 3 aromatic rings. The van der Waals surface area contributed by atoms with E-state index in [1.807, 2.05) is 42.0 Å². The molecule has 0 spiro atoms. The number of nitrogens with zero attached hydrogens (tertiary/aromatic N) is 3. The Labute approximate surface area is 249 Å². The van der Waals surface area contributed by atoms with Crippen molar-refractivity contribution in [3.8, 4) is 11.5 Å². The van der Waals surface area contributed by atoms with Crippen LogP contribution in [0.2, 0.25) is 0 Å². The van der Waals surface area contributed by atoms with Crippen LogP contribution in [0.3, 0.4) is 0 Å². The lowest BCUT2D eigenvalue weighted by molar-refractivity contribution is -0.140. The molecule has 3 rings (SSSR count). The highest BCUT2D eigenvalue weighted by molar-refractivity contribution is 7.87. The second-order valence-electron chi connectivity index (χ2n) is 9.22. The van der Waals surface area contributed by atoms with Crippen molar-refractivity contribution in [2.45, 2.75) is 26.3 Å². The third-order valence-electron chi connectivity index (χ3n) is 6.34. The number of hydrogen-bond acceptors (Lipinski definition) is 10. The van der Waals surface area contributed by atoms with E-state index in [2.05, 4.69) is 9.72 Å². The third kappa shape index (κ3) is 8.50. The minimum Gasteiger partial charge on any atom is -0.496 e. The molecule has 0 bridgehead atoms. The minimum absolute atomic E-state index is 0.0824. The number of methoxy groups -OCH3 is 3. The van der Waals surface area contributed by atoms with Gasteiger partial charge in [-0.05, 0) is 37.5 Å². The Morgan fingerprint density at radius 2 is 1.67 bits per heavy atom. The summed E-state index contributed by atoms with van der Waals surface area (Å²) in [5.74, 6) is -1.02. The molecule has 0 saturated heterocycles. The van der Waals surface area contributed by atoms with Crippen molar-refractivity contribution >= 4 is 39.3 Å². The molecule has 226 valence electrons. The summed E-state index contributed by atoms with van der Waals surface area (Å²) in [7, 11) is 0.969. The first-order chi connectivity index (χ1) is 20.0. The Morgan fingerprint density at radius 3 is 2.26 bits per heavy atom. The van der Waals surface area contributed by atoms with Crippen LogP contribution in [0.25, 0.3) is 0 Å². The van der Waals surface area contributed by atoms with E-state index in [9.17, 15) is 22.8 Å². The Hall–Kier alpha value is -4.01. The number of hydrogen-bond donors (Lipinski definition) is 1. The van der Waals surface area contributed by atoms with E-state index in [1.165, 1.54) is 19.6 Å². The van der Waals surface area contributed by atoms with E-state index in [4.69, 9.17) is 9.47 Å². The molecule has 0 fully saturated rings. The molecule has 0 saturated carbocycles. The zero-order valence-electron chi connectivity index (χ0n) is 24.1. The number of amides is 2. The van der Waals surface area contributed by atoms with Gasteiger partial charge in [0, 0.05) is 30.1 Å². The summed E-state index contributed by atoms with van der Waals surface area (Å²) in [5, 5.41) is 1.84. The maximum atomic E-state index is 13.7. The molecular formula is C28H34N4O8S2. The molecule has 0 aliphatic carbocycles. The number of aromatic nitrogens is 1. The lowest BCUT2D eigenvalue weighted by Crippen LogP contribution is -2.43. The highest BCUT2D eigenvalue weighted by Crippen LogP contribution is 2.30. The second kappa shape index (κ2) is 14.8. The van der Waals surface area contributed by atoms with Gasteiger partial charge in [-0.15, -0.1) is 11.3 Å². The Kier molecular flexibility index (Phi) is 11.4. The fourth-order valence-corrected chi connectivity index (χ4v) is 5.55. The second-order valence-corrected chi connectivity index (χ2v) is 11.9. The van der Waals surface area contributed by atoms with E-state index in [0.29, 0.717) is 39.3 Å². The summed E-state index contributed by atoms with van der Waals surface area (Å²) >= 11 is 1.12. The van der Waals surface area contributed by atoms with Crippen LogP contribution in [0.15, 0.2) is 47.8 Å². The van der Waals surface area contributed by atoms with Crippen LogP contribution in [0, 0.1) is 6.92 Å². The van der Waals surface area contributed by atoms with Crippen molar-refractivity contribution in [3.63, 3.8) is 0 Å². The minimum atomic E-state index is -4.32. The van der Waals surface area contributed by atoms with E-state index in [-0.39, 0.29) is 18.1 Å². The number of ether oxygens (including phenoxy) is 3. The van der Waals surface area contributed by atoms with Crippen molar-refractivity contribution in [3.05, 3.63) is 75.2 Å². The number of nitrogens with one attached hydrogen (secondary N) is 1. The summed E-state index contributed by atoms with van der Waals surface area (Å²) in [4.78, 5) is 43.8. The fraction of sp³-hybridized carbons (Fsp3) is 0.357. The monoisotopic (exact) mass is 618 g/mol. The first kappa shape index (κ1) is 32.5. The van der Waals surface area contributed by atoms with Crippen molar-refractivity contribution in [2.24, 2.45) is 0 Å². The fourth-order valence-electron chi connectivity index (χ4n) is 3.99. The number of esters is 1. The normalized spacial score (nSPS) is 11.2. The van der Waals surface area contributed by atoms with Gasteiger partial charge < -0.3 is 19.1 Å². The van der Waals surface area contributed by atoms with Gasteiger partial charge in [-0.25, -0.2) is 9.71 Å². The SMILES string of the molecule is COC(=O)CN(C)S(=O)(=O)NC(=O)c1csc(CN(CCCc2ccccc2)C(=O)c2cc(OC)c(C)c(OC)c2)n1. The lowest BCUT2D eigenvalue weighted by atomic mass is 10.1. The van der Waals surface area contributed by atoms with Gasteiger partial charge in [-0.3, -0.25) is 14.4 Å². The average molecular weight is 619 g/mol. The molecular weight excluding hydrogens is 584 g/mol. The van der Waals surface area contributed by atoms with Crippen LogP contribution < -0.4 is 14.2 Å². The number of aryl methyl sites for hydroxylation is 1. The number of benzene rings is 2. The molecule has 2 amide bonds. The molecule has 0 aliphatic heterocycles. The third-order valence-corrected chi connectivity index (χ3v) is 8.57. The smallest absolute Gasteiger partial charge is 0.321 e. The van der Waals surface area contributed by atoms with E-state index in [0.717, 1.165) is 43.0 Å². The summed E-state index contributed by atoms with van der Waals surface area (Å²) in [6.07, 6.45) is 1.41. The van der Waals surface area contributed by atoms with Crippen molar-refractivity contribution in [1.29, 1.82) is 0 Å². The number of carbonyl (C=O) groups is 3. The predicted octanol–water partition coefficient (Wildman–Crippen LogP) is 2.82. The summed E-state index contributed by atoms with van der Waals surface area (Å²) in [6, 6.07) is 13.2. The molecule has 1 N–H and O–H groups in total. The molecule has 1 heterocycles. The quantitative estimate of drug-likeness (QED) is 0.270. The first-order valence-corrected chi connectivity index (χ1v) is 15.2. The summed E-state index contributed by atoms with van der Waals surface area (Å²) in [6.45, 7) is 1.73. The Bertz CT molecular complexity index is 1480. The van der Waals surface area contributed by atoms with Crippen LogP contribution in [0.4, 0.5) is 0 Å². The molecule has 12 nitrogen and oxygen atoms in total. The molecule has 0 radical (unpaired) electrons. The van der Waals surface area contributed by atoms with Gasteiger partial charge >= 0.3 is 16.2 Å². The van der Waals surface area contributed by atoms with Crippen LogP contribution >= 0.6 is 11.3 Å². The molecule has 0 atom stereocenters. The average Bonchev–Trinajstić information content (AvgIpc) is 3.45.